The Balaban J connectivity index is 1.81. The van der Waals surface area contributed by atoms with E-state index in [2.05, 4.69) is 36.6 Å². The maximum atomic E-state index is 13.5. The lowest BCUT2D eigenvalue weighted by atomic mass is 9.78. The van der Waals surface area contributed by atoms with Crippen molar-refractivity contribution in [2.24, 2.45) is 0 Å². The first-order valence-corrected chi connectivity index (χ1v) is 10.5. The number of ether oxygens (including phenoxy) is 1. The molecule has 0 amide bonds. The number of nitrogens with one attached hydrogen (secondary N) is 2. The minimum Gasteiger partial charge on any atom is -0.381 e. The van der Waals surface area contributed by atoms with Gasteiger partial charge < -0.3 is 15.4 Å². The van der Waals surface area contributed by atoms with Crippen molar-refractivity contribution in [3.8, 4) is 6.07 Å². The molecule has 4 rings (SSSR count). The van der Waals surface area contributed by atoms with Gasteiger partial charge in [-0.2, -0.15) is 36.6 Å². The molecule has 8 nitrogen and oxygen atoms in total. The summed E-state index contributed by atoms with van der Waals surface area (Å²) in [6.07, 6.45) is -6.80. The van der Waals surface area contributed by atoms with Crippen molar-refractivity contribution in [3.05, 3.63) is 59.5 Å². The first-order chi connectivity index (χ1) is 17.0. The number of rotatable bonds is 5. The lowest BCUT2D eigenvalue weighted by Crippen LogP contribution is -2.33. The Hall–Kier alpha value is -3.99. The van der Waals surface area contributed by atoms with E-state index in [4.69, 9.17) is 4.74 Å². The average molecular weight is 509 g/mol. The Morgan fingerprint density at radius 3 is 1.94 bits per heavy atom. The highest BCUT2D eigenvalue weighted by Gasteiger charge is 2.38. The third kappa shape index (κ3) is 5.30. The van der Waals surface area contributed by atoms with Crippen LogP contribution in [0.4, 0.5) is 49.7 Å². The number of aromatic nitrogens is 4. The smallest absolute Gasteiger partial charge is 0.381 e. The Morgan fingerprint density at radius 1 is 0.861 bits per heavy atom. The van der Waals surface area contributed by atoms with Crippen LogP contribution in [0.15, 0.2) is 42.7 Å². The van der Waals surface area contributed by atoms with Crippen molar-refractivity contribution in [1.82, 2.24) is 19.9 Å². The van der Waals surface area contributed by atoms with Gasteiger partial charge >= 0.3 is 12.4 Å². The highest BCUT2D eigenvalue weighted by atomic mass is 19.4. The summed E-state index contributed by atoms with van der Waals surface area (Å²) in [5.41, 5.74) is -3.27. The largest absolute Gasteiger partial charge is 0.419 e. The predicted octanol–water partition coefficient (Wildman–Crippen LogP) is 5.36. The van der Waals surface area contributed by atoms with E-state index in [1.54, 1.807) is 0 Å². The summed E-state index contributed by atoms with van der Waals surface area (Å²) in [6, 6.07) is 7.27. The van der Waals surface area contributed by atoms with Crippen molar-refractivity contribution >= 4 is 23.4 Å². The summed E-state index contributed by atoms with van der Waals surface area (Å²) in [5.74, 6) is -1.80. The number of pyridine rings is 2. The molecular weight excluding hydrogens is 492 g/mol. The standard InChI is InChI=1S/C22H17F6N7O/c23-21(24,25)13-3-1-7-30-17(13)33-16-11-15(20(12-29)5-9-36-10-6-20)32-19(34-16)35-18-14(22(26,27)28)4-2-8-31-18/h1-4,7-8,11H,5-6,9-10H2,(H2,30,31,32,33,34,35). The SMILES string of the molecule is N#CC1(c2cc(Nc3ncccc3C(F)(F)F)nc(Nc3ncccc3C(F)(F)F)n2)CCOCC1. The first kappa shape index (κ1) is 25.1. The normalized spacial score (nSPS) is 15.7. The van der Waals surface area contributed by atoms with Crippen LogP contribution < -0.4 is 10.6 Å². The molecule has 0 bridgehead atoms. The molecule has 1 saturated heterocycles. The zero-order valence-corrected chi connectivity index (χ0v) is 18.3. The molecule has 1 aliphatic rings. The number of nitriles is 1. The maximum Gasteiger partial charge on any atom is 0.419 e. The molecule has 1 fully saturated rings. The molecule has 0 spiro atoms. The van der Waals surface area contributed by atoms with E-state index in [-0.39, 0.29) is 37.6 Å². The summed E-state index contributed by atoms with van der Waals surface area (Å²) in [7, 11) is 0. The van der Waals surface area contributed by atoms with Gasteiger partial charge in [0.05, 0.1) is 22.9 Å². The van der Waals surface area contributed by atoms with Gasteiger partial charge in [0.1, 0.15) is 22.9 Å². The van der Waals surface area contributed by atoms with Gasteiger partial charge in [0.25, 0.3) is 0 Å². The van der Waals surface area contributed by atoms with Gasteiger partial charge in [-0.25, -0.2) is 15.0 Å². The number of nitrogens with zero attached hydrogens (tertiary/aromatic N) is 5. The quantitative estimate of drug-likeness (QED) is 0.443. The van der Waals surface area contributed by atoms with Gasteiger partial charge in [0.15, 0.2) is 0 Å². The lowest BCUT2D eigenvalue weighted by molar-refractivity contribution is -0.138. The Morgan fingerprint density at radius 2 is 1.42 bits per heavy atom. The second kappa shape index (κ2) is 9.57. The highest BCUT2D eigenvalue weighted by Crippen LogP contribution is 2.38. The van der Waals surface area contributed by atoms with Crippen LogP contribution in [0.25, 0.3) is 0 Å². The molecule has 0 unspecified atom stereocenters. The molecule has 0 aromatic carbocycles. The maximum absolute atomic E-state index is 13.5. The van der Waals surface area contributed by atoms with Crippen LogP contribution in [0.2, 0.25) is 0 Å². The van der Waals surface area contributed by atoms with Crippen molar-refractivity contribution in [3.63, 3.8) is 0 Å². The molecule has 188 valence electrons. The van der Waals surface area contributed by atoms with Gasteiger partial charge in [0.2, 0.25) is 5.95 Å². The van der Waals surface area contributed by atoms with Crippen LogP contribution in [0.3, 0.4) is 0 Å². The third-order valence-corrected chi connectivity index (χ3v) is 5.48. The van der Waals surface area contributed by atoms with Crippen molar-refractivity contribution in [1.29, 1.82) is 5.26 Å². The molecular formula is C22H17F6N7O. The molecule has 3 aromatic rings. The number of halogens is 6. The number of anilines is 4. The minimum atomic E-state index is -4.75. The van der Waals surface area contributed by atoms with Gasteiger partial charge in [0, 0.05) is 31.7 Å². The monoisotopic (exact) mass is 509 g/mol. The molecule has 4 heterocycles. The van der Waals surface area contributed by atoms with Crippen LogP contribution in [-0.4, -0.2) is 33.1 Å². The molecule has 0 saturated carbocycles. The summed E-state index contributed by atoms with van der Waals surface area (Å²) in [6.45, 7) is 0.444. The number of alkyl halides is 6. The fraction of sp³-hybridized carbons (Fsp3) is 0.318. The fourth-order valence-corrected chi connectivity index (χ4v) is 3.65. The van der Waals surface area contributed by atoms with E-state index in [0.717, 1.165) is 36.7 Å². The van der Waals surface area contributed by atoms with Crippen LogP contribution in [0.1, 0.15) is 29.7 Å². The van der Waals surface area contributed by atoms with E-state index in [1.165, 1.54) is 6.07 Å². The molecule has 36 heavy (non-hydrogen) atoms. The Kier molecular flexibility index (Phi) is 6.68. The highest BCUT2D eigenvalue weighted by molar-refractivity contribution is 5.61. The van der Waals surface area contributed by atoms with Crippen molar-refractivity contribution in [2.75, 3.05) is 23.8 Å². The van der Waals surface area contributed by atoms with E-state index in [0.29, 0.717) is 0 Å². The van der Waals surface area contributed by atoms with E-state index in [1.807, 2.05) is 0 Å². The minimum absolute atomic E-state index is 0.0993. The van der Waals surface area contributed by atoms with Crippen LogP contribution in [-0.2, 0) is 22.5 Å². The third-order valence-electron chi connectivity index (χ3n) is 5.48. The summed E-state index contributed by atoms with van der Waals surface area (Å²) in [4.78, 5) is 15.7. The van der Waals surface area contributed by atoms with E-state index < -0.39 is 46.5 Å². The van der Waals surface area contributed by atoms with Gasteiger partial charge in [-0.05, 0) is 37.1 Å². The number of hydrogen-bond donors (Lipinski definition) is 2. The van der Waals surface area contributed by atoms with E-state index >= 15 is 0 Å². The van der Waals surface area contributed by atoms with Crippen molar-refractivity contribution in [2.45, 2.75) is 30.6 Å². The van der Waals surface area contributed by atoms with Crippen LogP contribution in [0.5, 0.6) is 0 Å². The molecule has 1 aliphatic heterocycles. The average Bonchev–Trinajstić information content (AvgIpc) is 2.84. The first-order valence-electron chi connectivity index (χ1n) is 10.5. The van der Waals surface area contributed by atoms with Gasteiger partial charge in [-0.3, -0.25) is 0 Å². The fourth-order valence-electron chi connectivity index (χ4n) is 3.65. The Bertz CT molecular complexity index is 1210. The lowest BCUT2D eigenvalue weighted by Gasteiger charge is -2.30. The van der Waals surface area contributed by atoms with Gasteiger partial charge in [-0.1, -0.05) is 0 Å². The topological polar surface area (TPSA) is 109 Å². The molecule has 0 radical (unpaired) electrons. The van der Waals surface area contributed by atoms with Crippen LogP contribution in [0, 0.1) is 11.3 Å². The summed E-state index contributed by atoms with van der Waals surface area (Å²) in [5, 5.41) is 14.8. The molecule has 0 atom stereocenters. The second-order valence-electron chi connectivity index (χ2n) is 7.81. The van der Waals surface area contributed by atoms with Gasteiger partial charge in [-0.15, -0.1) is 0 Å². The Labute approximate surface area is 200 Å². The van der Waals surface area contributed by atoms with Crippen LogP contribution >= 0.6 is 0 Å². The van der Waals surface area contributed by atoms with E-state index in [9.17, 15) is 31.6 Å². The van der Waals surface area contributed by atoms with Crippen molar-refractivity contribution < 1.29 is 31.1 Å². The predicted molar refractivity (Wildman–Crippen MR) is 114 cm³/mol. The second-order valence-corrected chi connectivity index (χ2v) is 7.81. The summed E-state index contributed by atoms with van der Waals surface area (Å²) < 4.78 is 86.1. The molecule has 2 N–H and O–H groups in total. The molecule has 14 heteroatoms. The zero-order valence-electron chi connectivity index (χ0n) is 18.3. The summed E-state index contributed by atoms with van der Waals surface area (Å²) >= 11 is 0. The molecule has 0 aliphatic carbocycles. The zero-order chi connectivity index (χ0) is 26.0. The number of hydrogen-bond acceptors (Lipinski definition) is 8. The molecule has 3 aromatic heterocycles.